The molecule has 0 atom stereocenters. The lowest BCUT2D eigenvalue weighted by Gasteiger charge is -2.23. The molecule has 27 heavy (non-hydrogen) atoms. The minimum Gasteiger partial charge on any atom is -0.360 e. The number of hydrogen-bond donors (Lipinski definition) is 1. The van der Waals surface area contributed by atoms with Crippen LogP contribution < -0.4 is 9.62 Å². The van der Waals surface area contributed by atoms with Gasteiger partial charge in [-0.25, -0.2) is 8.42 Å². The molecule has 0 radical (unpaired) electrons. The first-order valence-electron chi connectivity index (χ1n) is 8.34. The second-order valence-electron chi connectivity index (χ2n) is 5.81. The van der Waals surface area contributed by atoms with Crippen molar-refractivity contribution in [2.24, 2.45) is 0 Å². The van der Waals surface area contributed by atoms with Gasteiger partial charge in [0.15, 0.2) is 5.82 Å². The number of amides is 1. The van der Waals surface area contributed by atoms with Gasteiger partial charge in [0.1, 0.15) is 5.76 Å². The third kappa shape index (κ3) is 4.01. The van der Waals surface area contributed by atoms with Crippen LogP contribution in [0.5, 0.6) is 0 Å². The first kappa shape index (κ1) is 18.7. The highest BCUT2D eigenvalue weighted by Crippen LogP contribution is 2.24. The minimum atomic E-state index is -3.81. The van der Waals surface area contributed by atoms with Crippen molar-refractivity contribution in [2.45, 2.75) is 18.7 Å². The smallest absolute Gasteiger partial charge is 0.264 e. The number of carbonyl (C=O) groups is 1. The van der Waals surface area contributed by atoms with Gasteiger partial charge in [-0.15, -0.1) is 0 Å². The second-order valence-corrected chi connectivity index (χ2v) is 7.67. The summed E-state index contributed by atoms with van der Waals surface area (Å²) < 4.78 is 32.3. The van der Waals surface area contributed by atoms with Crippen molar-refractivity contribution in [3.8, 4) is 0 Å². The zero-order chi connectivity index (χ0) is 19.4. The van der Waals surface area contributed by atoms with Crippen LogP contribution in [-0.2, 0) is 10.0 Å². The van der Waals surface area contributed by atoms with Crippen molar-refractivity contribution in [2.75, 3.05) is 16.2 Å². The first-order chi connectivity index (χ1) is 12.9. The van der Waals surface area contributed by atoms with Crippen LogP contribution in [0, 0.1) is 6.92 Å². The van der Waals surface area contributed by atoms with Crippen LogP contribution in [0.3, 0.4) is 0 Å². The third-order valence-electron chi connectivity index (χ3n) is 3.89. The number of sulfonamides is 1. The number of aromatic nitrogens is 1. The van der Waals surface area contributed by atoms with Crippen molar-refractivity contribution in [3.05, 3.63) is 72.0 Å². The number of nitrogens with one attached hydrogen (secondary N) is 1. The normalized spacial score (nSPS) is 11.2. The van der Waals surface area contributed by atoms with Gasteiger partial charge in [0, 0.05) is 18.2 Å². The summed E-state index contributed by atoms with van der Waals surface area (Å²) >= 11 is 0. The van der Waals surface area contributed by atoms with E-state index in [0.717, 1.165) is 0 Å². The number of aryl methyl sites for hydroxylation is 1. The fraction of sp³-hybridized carbons (Fsp3) is 0.158. The molecule has 1 amide bonds. The number of benzene rings is 2. The van der Waals surface area contributed by atoms with E-state index in [9.17, 15) is 13.2 Å². The highest BCUT2D eigenvalue weighted by atomic mass is 32.2. The van der Waals surface area contributed by atoms with Crippen LogP contribution in [0.4, 0.5) is 11.5 Å². The molecular weight excluding hydrogens is 366 g/mol. The van der Waals surface area contributed by atoms with Crippen LogP contribution in [0.25, 0.3) is 0 Å². The van der Waals surface area contributed by atoms with Crippen LogP contribution in [0.1, 0.15) is 23.0 Å². The Morgan fingerprint density at radius 2 is 1.85 bits per heavy atom. The Hall–Kier alpha value is -3.13. The number of nitrogens with zero attached hydrogens (tertiary/aromatic N) is 2. The van der Waals surface area contributed by atoms with E-state index in [4.69, 9.17) is 4.52 Å². The fourth-order valence-electron chi connectivity index (χ4n) is 2.62. The molecule has 0 fully saturated rings. The molecule has 0 aliphatic heterocycles. The molecule has 1 aromatic heterocycles. The molecule has 0 saturated heterocycles. The Morgan fingerprint density at radius 1 is 1.11 bits per heavy atom. The summed E-state index contributed by atoms with van der Waals surface area (Å²) in [7, 11) is -3.81. The van der Waals surface area contributed by atoms with Crippen LogP contribution in [0.2, 0.25) is 0 Å². The second kappa shape index (κ2) is 7.63. The maximum Gasteiger partial charge on any atom is 0.264 e. The molecule has 1 N–H and O–H groups in total. The average Bonchev–Trinajstić information content (AvgIpc) is 3.08. The standard InChI is InChI=1S/C19H19N3O4S/c1-3-22(16-9-5-4-6-10-16)27(24,25)17-11-7-8-15(13-17)19(23)20-18-12-14(2)26-21-18/h4-13H,3H2,1-2H3,(H,20,21,23). The Bertz CT molecular complexity index is 1050. The molecule has 8 heteroatoms. The summed E-state index contributed by atoms with van der Waals surface area (Å²) in [5.74, 6) is 0.358. The molecule has 0 aliphatic rings. The third-order valence-corrected chi connectivity index (χ3v) is 5.78. The van der Waals surface area contributed by atoms with Gasteiger partial charge in [0.25, 0.3) is 15.9 Å². The van der Waals surface area contributed by atoms with Gasteiger partial charge < -0.3 is 9.84 Å². The Kier molecular flexibility index (Phi) is 5.27. The molecule has 140 valence electrons. The molecule has 3 aromatic rings. The highest BCUT2D eigenvalue weighted by Gasteiger charge is 2.24. The van der Waals surface area contributed by atoms with E-state index in [0.29, 0.717) is 11.4 Å². The number of carbonyl (C=O) groups excluding carboxylic acids is 1. The molecule has 0 bridgehead atoms. The Balaban J connectivity index is 1.90. The van der Waals surface area contributed by atoms with E-state index < -0.39 is 15.9 Å². The number of anilines is 2. The van der Waals surface area contributed by atoms with E-state index in [2.05, 4.69) is 10.5 Å². The summed E-state index contributed by atoms with van der Waals surface area (Å²) in [6.45, 7) is 3.73. The predicted molar refractivity (Wildman–Crippen MR) is 102 cm³/mol. The monoisotopic (exact) mass is 385 g/mol. The van der Waals surface area contributed by atoms with E-state index in [1.54, 1.807) is 50.2 Å². The fourth-order valence-corrected chi connectivity index (χ4v) is 4.14. The SMILES string of the molecule is CCN(c1ccccc1)S(=O)(=O)c1cccc(C(=O)Nc2cc(C)on2)c1. The molecule has 1 heterocycles. The van der Waals surface area contributed by atoms with E-state index in [-0.39, 0.29) is 22.8 Å². The molecule has 2 aromatic carbocycles. The van der Waals surface area contributed by atoms with Crippen molar-refractivity contribution >= 4 is 27.4 Å². The van der Waals surface area contributed by atoms with E-state index >= 15 is 0 Å². The van der Waals surface area contributed by atoms with Gasteiger partial charge in [-0.3, -0.25) is 9.10 Å². The van der Waals surface area contributed by atoms with Gasteiger partial charge >= 0.3 is 0 Å². The van der Waals surface area contributed by atoms with Crippen LogP contribution in [-0.4, -0.2) is 26.0 Å². The summed E-state index contributed by atoms with van der Waals surface area (Å²) in [4.78, 5) is 12.4. The lowest BCUT2D eigenvalue weighted by atomic mass is 10.2. The van der Waals surface area contributed by atoms with Gasteiger partial charge in [-0.2, -0.15) is 0 Å². The first-order valence-corrected chi connectivity index (χ1v) is 9.78. The zero-order valence-electron chi connectivity index (χ0n) is 14.9. The quantitative estimate of drug-likeness (QED) is 0.701. The molecule has 0 aliphatic carbocycles. The Labute approximate surface area is 157 Å². The van der Waals surface area contributed by atoms with Crippen LogP contribution in [0.15, 0.2) is 70.1 Å². The topological polar surface area (TPSA) is 92.5 Å². The average molecular weight is 385 g/mol. The van der Waals surface area contributed by atoms with Crippen LogP contribution >= 0.6 is 0 Å². The summed E-state index contributed by atoms with van der Waals surface area (Å²) in [6.07, 6.45) is 0. The molecule has 0 spiro atoms. The van der Waals surface area contributed by atoms with Gasteiger partial charge in [-0.05, 0) is 44.2 Å². The van der Waals surface area contributed by atoms with Crippen molar-refractivity contribution in [1.82, 2.24) is 5.16 Å². The number of hydrogen-bond acceptors (Lipinski definition) is 5. The zero-order valence-corrected chi connectivity index (χ0v) is 15.7. The van der Waals surface area contributed by atoms with Crippen molar-refractivity contribution in [1.29, 1.82) is 0 Å². The van der Waals surface area contributed by atoms with Gasteiger partial charge in [0.2, 0.25) is 0 Å². The molecule has 0 unspecified atom stereocenters. The minimum absolute atomic E-state index is 0.0391. The van der Waals surface area contributed by atoms with E-state index in [1.165, 1.54) is 22.5 Å². The van der Waals surface area contributed by atoms with Crippen molar-refractivity contribution < 1.29 is 17.7 Å². The lowest BCUT2D eigenvalue weighted by Crippen LogP contribution is -2.30. The molecule has 0 saturated carbocycles. The van der Waals surface area contributed by atoms with Gasteiger partial charge in [-0.1, -0.05) is 29.4 Å². The summed E-state index contributed by atoms with van der Waals surface area (Å²) in [6, 6.07) is 16.3. The van der Waals surface area contributed by atoms with Crippen molar-refractivity contribution in [3.63, 3.8) is 0 Å². The highest BCUT2D eigenvalue weighted by molar-refractivity contribution is 7.92. The summed E-state index contributed by atoms with van der Waals surface area (Å²) in [5, 5.41) is 6.28. The number of rotatable bonds is 6. The molecule has 7 nitrogen and oxygen atoms in total. The lowest BCUT2D eigenvalue weighted by molar-refractivity contribution is 0.102. The maximum absolute atomic E-state index is 13.1. The number of para-hydroxylation sites is 1. The predicted octanol–water partition coefficient (Wildman–Crippen LogP) is 3.45. The Morgan fingerprint density at radius 3 is 2.48 bits per heavy atom. The van der Waals surface area contributed by atoms with E-state index in [1.807, 2.05) is 6.07 Å². The molecular formula is C19H19N3O4S. The van der Waals surface area contributed by atoms with Gasteiger partial charge in [0.05, 0.1) is 10.6 Å². The largest absolute Gasteiger partial charge is 0.360 e. The summed E-state index contributed by atoms with van der Waals surface area (Å²) in [5.41, 5.74) is 0.772. The molecule has 3 rings (SSSR count). The maximum atomic E-state index is 13.1.